The Bertz CT molecular complexity index is 1430. The Balaban J connectivity index is 1.99. The van der Waals surface area contributed by atoms with Crippen molar-refractivity contribution in [3.8, 4) is 11.5 Å². The second kappa shape index (κ2) is 7.61. The molecule has 0 saturated heterocycles. The number of nitrogens with zero attached hydrogens (tertiary/aromatic N) is 5. The molecular weight excluding hydrogens is 458 g/mol. The molecule has 2 unspecified atom stereocenters. The van der Waals surface area contributed by atoms with Crippen LogP contribution in [-0.4, -0.2) is 40.4 Å². The molecule has 0 aliphatic heterocycles. The number of rotatable bonds is 4. The highest BCUT2D eigenvalue weighted by molar-refractivity contribution is 7.85. The Morgan fingerprint density at radius 3 is 2.30 bits per heavy atom. The van der Waals surface area contributed by atoms with E-state index in [1.165, 1.54) is 10.7 Å². The van der Waals surface area contributed by atoms with Gasteiger partial charge < -0.3 is 0 Å². The standard InChI is InChI=1S/C22H23F4N5OS/c1-7-33(32)19-17(28-31-14(5)12(3)11(2)13(4)18(19)31)20-27-16-10-15(8-9-30(16)29-20)21(6,23)22(24,25)26/h8-10H,7H2,1-6H3. The van der Waals surface area contributed by atoms with Gasteiger partial charge in [0, 0.05) is 23.2 Å². The predicted molar refractivity (Wildman–Crippen MR) is 118 cm³/mol. The van der Waals surface area contributed by atoms with Crippen LogP contribution in [0.2, 0.25) is 0 Å². The maximum Gasteiger partial charge on any atom is 0.426 e. The molecule has 11 heteroatoms. The number of hydrogen-bond acceptors (Lipinski definition) is 4. The number of halogens is 4. The van der Waals surface area contributed by atoms with Gasteiger partial charge in [-0.3, -0.25) is 4.21 Å². The van der Waals surface area contributed by atoms with Crippen LogP contribution in [0.25, 0.3) is 22.7 Å². The molecule has 0 aliphatic rings. The molecule has 0 spiro atoms. The fourth-order valence-electron chi connectivity index (χ4n) is 3.81. The molecule has 0 amide bonds. The number of alkyl halides is 4. The first-order valence-electron chi connectivity index (χ1n) is 10.3. The van der Waals surface area contributed by atoms with E-state index in [9.17, 15) is 21.8 Å². The highest BCUT2D eigenvalue weighted by Crippen LogP contribution is 2.42. The maximum atomic E-state index is 14.5. The zero-order valence-corrected chi connectivity index (χ0v) is 19.8. The summed E-state index contributed by atoms with van der Waals surface area (Å²) in [5.74, 6) is 0.442. The second-order valence-corrected chi connectivity index (χ2v) is 9.86. The van der Waals surface area contributed by atoms with E-state index in [4.69, 9.17) is 0 Å². The molecule has 176 valence electrons. The van der Waals surface area contributed by atoms with Crippen molar-refractivity contribution in [1.29, 1.82) is 0 Å². The molecule has 0 radical (unpaired) electrons. The van der Waals surface area contributed by atoms with Crippen LogP contribution >= 0.6 is 0 Å². The SMILES string of the molecule is CCS(=O)c1c(-c2nc3cc(C(C)(F)C(F)(F)F)ccn3n2)nn2c(C)c(C)c(C)c(C)c12. The van der Waals surface area contributed by atoms with E-state index >= 15 is 0 Å². The van der Waals surface area contributed by atoms with E-state index in [0.717, 1.165) is 34.5 Å². The van der Waals surface area contributed by atoms with Gasteiger partial charge in [-0.1, -0.05) is 6.92 Å². The van der Waals surface area contributed by atoms with Crippen molar-refractivity contribution in [1.82, 2.24) is 24.2 Å². The zero-order valence-electron chi connectivity index (χ0n) is 19.0. The molecule has 4 aromatic heterocycles. The number of fused-ring (bicyclic) bond motifs is 2. The summed E-state index contributed by atoms with van der Waals surface area (Å²) in [5, 5.41) is 8.99. The van der Waals surface area contributed by atoms with E-state index in [1.807, 2.05) is 27.7 Å². The maximum absolute atomic E-state index is 14.5. The fraction of sp³-hybridized carbons (Fsp3) is 0.409. The number of aryl methyl sites for hydroxylation is 2. The van der Waals surface area contributed by atoms with Crippen molar-refractivity contribution in [2.45, 2.75) is 58.3 Å². The quantitative estimate of drug-likeness (QED) is 0.378. The fourth-order valence-corrected chi connectivity index (χ4v) is 4.90. The number of aromatic nitrogens is 5. The summed E-state index contributed by atoms with van der Waals surface area (Å²) in [6, 6.07) is 2.04. The minimum Gasteiger partial charge on any atom is -0.254 e. The summed E-state index contributed by atoms with van der Waals surface area (Å²) in [7, 11) is -1.41. The van der Waals surface area contributed by atoms with E-state index < -0.39 is 28.2 Å². The Kier molecular flexibility index (Phi) is 5.38. The molecule has 33 heavy (non-hydrogen) atoms. The van der Waals surface area contributed by atoms with Crippen molar-refractivity contribution < 1.29 is 21.8 Å². The third-order valence-corrected chi connectivity index (χ3v) is 7.66. The lowest BCUT2D eigenvalue weighted by molar-refractivity contribution is -0.228. The average Bonchev–Trinajstić information content (AvgIpc) is 3.36. The van der Waals surface area contributed by atoms with Gasteiger partial charge >= 0.3 is 6.18 Å². The van der Waals surface area contributed by atoms with Gasteiger partial charge in [0.1, 0.15) is 5.69 Å². The molecule has 0 fully saturated rings. The van der Waals surface area contributed by atoms with Crippen LogP contribution in [0.4, 0.5) is 17.6 Å². The monoisotopic (exact) mass is 481 g/mol. The molecular formula is C22H23F4N5OS. The Labute approximate surface area is 190 Å². The molecule has 4 aromatic rings. The van der Waals surface area contributed by atoms with Crippen LogP contribution in [0.3, 0.4) is 0 Å². The lowest BCUT2D eigenvalue weighted by atomic mass is 9.98. The van der Waals surface area contributed by atoms with Gasteiger partial charge in [0.15, 0.2) is 5.65 Å². The molecule has 0 aliphatic carbocycles. The minimum atomic E-state index is -5.08. The molecule has 4 heterocycles. The summed E-state index contributed by atoms with van der Waals surface area (Å²) < 4.78 is 70.0. The van der Waals surface area contributed by atoms with Gasteiger partial charge in [-0.05, 0) is 63.4 Å². The predicted octanol–water partition coefficient (Wildman–Crippen LogP) is 5.15. The van der Waals surface area contributed by atoms with Crippen molar-refractivity contribution in [2.24, 2.45) is 0 Å². The number of hydrogen-bond donors (Lipinski definition) is 0. The van der Waals surface area contributed by atoms with E-state index in [0.29, 0.717) is 23.1 Å². The van der Waals surface area contributed by atoms with Crippen molar-refractivity contribution in [3.63, 3.8) is 0 Å². The first-order valence-corrected chi connectivity index (χ1v) is 11.6. The minimum absolute atomic E-state index is 0.0294. The van der Waals surface area contributed by atoms with Crippen molar-refractivity contribution >= 4 is 22.0 Å². The molecule has 6 nitrogen and oxygen atoms in total. The summed E-state index contributed by atoms with van der Waals surface area (Å²) in [5.41, 5.74) is 0.814. The summed E-state index contributed by atoms with van der Waals surface area (Å²) >= 11 is 0. The van der Waals surface area contributed by atoms with Gasteiger partial charge in [0.05, 0.1) is 21.2 Å². The second-order valence-electron chi connectivity index (χ2n) is 8.19. The van der Waals surface area contributed by atoms with Crippen LogP contribution in [0.5, 0.6) is 0 Å². The molecule has 0 aromatic carbocycles. The zero-order chi connectivity index (χ0) is 24.5. The lowest BCUT2D eigenvalue weighted by Gasteiger charge is -2.23. The first-order chi connectivity index (χ1) is 15.3. The van der Waals surface area contributed by atoms with Crippen LogP contribution < -0.4 is 0 Å². The topological polar surface area (TPSA) is 64.6 Å². The van der Waals surface area contributed by atoms with Crippen LogP contribution in [0.1, 0.15) is 41.8 Å². The Morgan fingerprint density at radius 1 is 1.03 bits per heavy atom. The smallest absolute Gasteiger partial charge is 0.254 e. The van der Waals surface area contributed by atoms with Crippen LogP contribution in [0, 0.1) is 27.7 Å². The lowest BCUT2D eigenvalue weighted by Crippen LogP contribution is -2.35. The Hall–Kier alpha value is -2.82. The van der Waals surface area contributed by atoms with Crippen molar-refractivity contribution in [3.05, 3.63) is 46.3 Å². The number of pyridine rings is 2. The van der Waals surface area contributed by atoms with Crippen molar-refractivity contribution in [2.75, 3.05) is 5.75 Å². The third-order valence-electron chi connectivity index (χ3n) is 6.30. The van der Waals surface area contributed by atoms with E-state index in [2.05, 4.69) is 15.2 Å². The largest absolute Gasteiger partial charge is 0.426 e. The average molecular weight is 482 g/mol. The van der Waals surface area contributed by atoms with Gasteiger partial charge in [0.25, 0.3) is 0 Å². The molecule has 2 atom stereocenters. The summed E-state index contributed by atoms with van der Waals surface area (Å²) in [4.78, 5) is 4.80. The van der Waals surface area contributed by atoms with Gasteiger partial charge in [-0.15, -0.1) is 5.10 Å². The van der Waals surface area contributed by atoms with Crippen LogP contribution in [0.15, 0.2) is 23.2 Å². The molecule has 0 bridgehead atoms. The molecule has 0 N–H and O–H groups in total. The van der Waals surface area contributed by atoms with Gasteiger partial charge in [-0.25, -0.2) is 18.4 Å². The Morgan fingerprint density at radius 2 is 1.70 bits per heavy atom. The highest BCUT2D eigenvalue weighted by atomic mass is 32.2. The third kappa shape index (κ3) is 3.44. The highest BCUT2D eigenvalue weighted by Gasteiger charge is 2.53. The van der Waals surface area contributed by atoms with E-state index in [-0.39, 0.29) is 17.2 Å². The van der Waals surface area contributed by atoms with Crippen LogP contribution in [-0.2, 0) is 16.5 Å². The first kappa shape index (κ1) is 23.3. The van der Waals surface area contributed by atoms with E-state index in [1.54, 1.807) is 11.4 Å². The van der Waals surface area contributed by atoms with Gasteiger partial charge in [0.2, 0.25) is 11.5 Å². The summed E-state index contributed by atoms with van der Waals surface area (Å²) in [6.45, 7) is 10.1. The van der Waals surface area contributed by atoms with Gasteiger partial charge in [-0.2, -0.15) is 18.3 Å². The summed E-state index contributed by atoms with van der Waals surface area (Å²) in [6.07, 6.45) is -3.85. The normalized spacial score (nSPS) is 15.3. The molecule has 4 rings (SSSR count). The molecule has 0 saturated carbocycles.